The van der Waals surface area contributed by atoms with Crippen LogP contribution in [0.5, 0.6) is 5.75 Å². The van der Waals surface area contributed by atoms with Gasteiger partial charge < -0.3 is 20.5 Å². The lowest BCUT2D eigenvalue weighted by Crippen LogP contribution is -2.33. The number of phenols is 1. The number of halogens is 1. The normalized spacial score (nSPS) is 15.8. The maximum atomic E-state index is 12.9. The molecule has 0 radical (unpaired) electrons. The number of rotatable bonds is 7. The fourth-order valence-corrected chi connectivity index (χ4v) is 5.27. The van der Waals surface area contributed by atoms with Crippen molar-refractivity contribution in [2.24, 2.45) is 4.99 Å². The lowest BCUT2D eigenvalue weighted by atomic mass is 10.1. The van der Waals surface area contributed by atoms with Crippen LogP contribution >= 0.6 is 11.6 Å². The molecule has 10 nitrogen and oxygen atoms in total. The van der Waals surface area contributed by atoms with Gasteiger partial charge >= 0.3 is 6.09 Å². The molecule has 2 aromatic carbocycles. The Morgan fingerprint density at radius 2 is 1.89 bits per heavy atom. The summed E-state index contributed by atoms with van der Waals surface area (Å²) in [6, 6.07) is 10.8. The number of sulfone groups is 1. The number of nitrogens with zero attached hydrogens (tertiary/aromatic N) is 1. The van der Waals surface area contributed by atoms with E-state index in [2.05, 4.69) is 20.9 Å². The first-order chi connectivity index (χ1) is 16.4. The lowest BCUT2D eigenvalue weighted by Gasteiger charge is -2.19. The van der Waals surface area contributed by atoms with Crippen molar-refractivity contribution in [3.05, 3.63) is 53.1 Å². The number of benzene rings is 2. The van der Waals surface area contributed by atoms with E-state index in [-0.39, 0.29) is 41.3 Å². The Hall–Kier alpha value is -3.31. The Morgan fingerprint density at radius 3 is 2.54 bits per heavy atom. The van der Waals surface area contributed by atoms with E-state index in [4.69, 9.17) is 16.3 Å². The number of hydrogen-bond donors (Lipinski definition) is 4. The molecule has 35 heavy (non-hydrogen) atoms. The fourth-order valence-electron chi connectivity index (χ4n) is 3.27. The van der Waals surface area contributed by atoms with Crippen LogP contribution in [0.25, 0.3) is 0 Å². The maximum absolute atomic E-state index is 12.9. The minimum Gasteiger partial charge on any atom is -0.504 e. The Kier molecular flexibility index (Phi) is 7.91. The van der Waals surface area contributed by atoms with Crippen LogP contribution < -0.4 is 16.0 Å². The van der Waals surface area contributed by atoms with E-state index in [1.165, 1.54) is 12.1 Å². The summed E-state index contributed by atoms with van der Waals surface area (Å²) >= 11 is 6.11. The predicted molar refractivity (Wildman–Crippen MR) is 132 cm³/mol. The van der Waals surface area contributed by atoms with Crippen molar-refractivity contribution in [2.45, 2.75) is 43.7 Å². The monoisotopic (exact) mass is 522 g/mol. The molecule has 0 saturated heterocycles. The molecule has 4 N–H and O–H groups in total. The highest BCUT2D eigenvalue weighted by Gasteiger charge is 2.30. The first-order valence-corrected chi connectivity index (χ1v) is 12.8. The smallest absolute Gasteiger partial charge is 0.407 e. The van der Waals surface area contributed by atoms with Crippen molar-refractivity contribution in [3.63, 3.8) is 0 Å². The summed E-state index contributed by atoms with van der Waals surface area (Å²) in [5.41, 5.74) is 0.0191. The number of hydrogen-bond acceptors (Lipinski definition) is 8. The number of amides is 2. The molecule has 0 saturated carbocycles. The number of carbonyl (C=O) groups is 2. The molecule has 1 heterocycles. The number of aliphatic imine (C=N–C) groups is 1. The molecule has 1 aliphatic heterocycles. The molecular formula is C23H27ClN4O6S. The van der Waals surface area contributed by atoms with E-state index in [9.17, 15) is 23.1 Å². The van der Waals surface area contributed by atoms with Crippen LogP contribution in [0, 0.1) is 0 Å². The zero-order valence-corrected chi connectivity index (χ0v) is 21.0. The number of guanidine groups is 1. The van der Waals surface area contributed by atoms with Gasteiger partial charge in [-0.2, -0.15) is 0 Å². The summed E-state index contributed by atoms with van der Waals surface area (Å²) in [7, 11) is -4.02. The molecule has 0 aromatic heterocycles. The van der Waals surface area contributed by atoms with Crippen LogP contribution in [0.15, 0.2) is 52.4 Å². The fraction of sp³-hybridized carbons (Fsp3) is 0.348. The molecule has 1 unspecified atom stereocenters. The quantitative estimate of drug-likeness (QED) is 0.322. The van der Waals surface area contributed by atoms with E-state index in [0.717, 1.165) is 0 Å². The number of ether oxygens (including phenoxy) is 1. The Labute approximate surface area is 208 Å². The summed E-state index contributed by atoms with van der Waals surface area (Å²) in [6.45, 7) is 5.20. The van der Waals surface area contributed by atoms with E-state index >= 15 is 0 Å². The second-order valence-corrected chi connectivity index (χ2v) is 11.2. The minimum absolute atomic E-state index is 0.00705. The molecule has 188 valence electrons. The van der Waals surface area contributed by atoms with Crippen LogP contribution in [-0.4, -0.2) is 49.4 Å². The standard InChI is InChI=1S/C23H27ClN4O6S/c1-23(2,3)34-22(31)25-12-7-13-35(32,33)19-15(24)10-11-16(18(19)29)26-21-27-17(20(30)28-21)14-8-5-4-6-9-14/h4-6,8-11,17,29H,7,12-13H2,1-3H3,(H,25,31)(H2,26,27,28,30). The number of alkyl carbamates (subject to hydrolysis) is 1. The molecule has 0 bridgehead atoms. The van der Waals surface area contributed by atoms with Gasteiger partial charge in [0, 0.05) is 6.54 Å². The summed E-state index contributed by atoms with van der Waals surface area (Å²) in [5.74, 6) is -1.28. The molecule has 3 rings (SSSR count). The van der Waals surface area contributed by atoms with Gasteiger partial charge in [-0.25, -0.2) is 18.2 Å². The number of phenolic OH excluding ortho intramolecular Hbond substituents is 1. The summed E-state index contributed by atoms with van der Waals surface area (Å²) in [4.78, 5) is 27.9. The second-order valence-electron chi connectivity index (χ2n) is 8.78. The van der Waals surface area contributed by atoms with Gasteiger partial charge in [-0.1, -0.05) is 41.9 Å². The molecule has 0 spiro atoms. The lowest BCUT2D eigenvalue weighted by molar-refractivity contribution is -0.120. The van der Waals surface area contributed by atoms with Gasteiger partial charge in [-0.3, -0.25) is 10.1 Å². The number of anilines is 1. The third kappa shape index (κ3) is 6.86. The van der Waals surface area contributed by atoms with Crippen LogP contribution in [0.4, 0.5) is 10.5 Å². The largest absolute Gasteiger partial charge is 0.504 e. The molecular weight excluding hydrogens is 496 g/mol. The molecule has 12 heteroatoms. The number of nitrogens with one attached hydrogen (secondary N) is 3. The van der Waals surface area contributed by atoms with E-state index in [1.54, 1.807) is 45.0 Å². The first kappa shape index (κ1) is 26.3. The molecule has 1 atom stereocenters. The van der Waals surface area contributed by atoms with E-state index < -0.39 is 38.2 Å². The minimum atomic E-state index is -4.02. The summed E-state index contributed by atoms with van der Waals surface area (Å²) < 4.78 is 30.9. The highest BCUT2D eigenvalue weighted by molar-refractivity contribution is 7.91. The average Bonchev–Trinajstić information content (AvgIpc) is 3.13. The van der Waals surface area contributed by atoms with Crippen molar-refractivity contribution in [1.82, 2.24) is 10.6 Å². The summed E-state index contributed by atoms with van der Waals surface area (Å²) in [5, 5.41) is 18.4. The van der Waals surface area contributed by atoms with Gasteiger partial charge in [-0.05, 0) is 44.9 Å². The second kappa shape index (κ2) is 10.5. The van der Waals surface area contributed by atoms with Gasteiger partial charge in [0.2, 0.25) is 5.96 Å². The maximum Gasteiger partial charge on any atom is 0.407 e. The number of aromatic hydroxyl groups is 1. The van der Waals surface area contributed by atoms with Crippen molar-refractivity contribution >= 4 is 45.1 Å². The molecule has 2 amide bonds. The Balaban J connectivity index is 1.70. The van der Waals surface area contributed by atoms with Crippen molar-refractivity contribution in [3.8, 4) is 5.75 Å². The van der Waals surface area contributed by atoms with Crippen LogP contribution in [0.2, 0.25) is 5.02 Å². The Morgan fingerprint density at radius 1 is 1.20 bits per heavy atom. The molecule has 0 fully saturated rings. The zero-order chi connectivity index (χ0) is 25.8. The molecule has 2 aromatic rings. The van der Waals surface area contributed by atoms with Crippen molar-refractivity contribution in [2.75, 3.05) is 17.6 Å². The van der Waals surface area contributed by atoms with Crippen molar-refractivity contribution < 1.29 is 27.9 Å². The van der Waals surface area contributed by atoms with Crippen LogP contribution in [0.1, 0.15) is 38.8 Å². The van der Waals surface area contributed by atoms with Crippen molar-refractivity contribution in [1.29, 1.82) is 0 Å². The Bertz CT molecular complexity index is 1240. The van der Waals surface area contributed by atoms with E-state index in [1.807, 2.05) is 6.07 Å². The highest BCUT2D eigenvalue weighted by atomic mass is 35.5. The van der Waals surface area contributed by atoms with Gasteiger partial charge in [0.25, 0.3) is 5.91 Å². The van der Waals surface area contributed by atoms with Gasteiger partial charge in [0.05, 0.1) is 16.5 Å². The average molecular weight is 523 g/mol. The highest BCUT2D eigenvalue weighted by Crippen LogP contribution is 2.38. The molecule has 1 aliphatic rings. The SMILES string of the molecule is CC(C)(C)OC(=O)NCCCS(=O)(=O)c1c(Cl)ccc(NC2=NC(c3ccccc3)C(=O)N2)c1O. The summed E-state index contributed by atoms with van der Waals surface area (Å²) in [6.07, 6.45) is -0.591. The van der Waals surface area contributed by atoms with E-state index in [0.29, 0.717) is 5.56 Å². The van der Waals surface area contributed by atoms with Crippen LogP contribution in [0.3, 0.4) is 0 Å². The van der Waals surface area contributed by atoms with Gasteiger partial charge in [0.1, 0.15) is 10.5 Å². The zero-order valence-electron chi connectivity index (χ0n) is 19.5. The third-order valence-corrected chi connectivity index (χ3v) is 7.06. The predicted octanol–water partition coefficient (Wildman–Crippen LogP) is 3.37. The third-order valence-electron chi connectivity index (χ3n) is 4.77. The van der Waals surface area contributed by atoms with Crippen LogP contribution in [-0.2, 0) is 19.4 Å². The van der Waals surface area contributed by atoms with Gasteiger partial charge in [0.15, 0.2) is 21.6 Å². The van der Waals surface area contributed by atoms with Gasteiger partial charge in [-0.15, -0.1) is 0 Å². The first-order valence-electron chi connectivity index (χ1n) is 10.8. The topological polar surface area (TPSA) is 146 Å². The number of carbonyl (C=O) groups excluding carboxylic acids is 2. The molecule has 0 aliphatic carbocycles.